The van der Waals surface area contributed by atoms with E-state index in [1.54, 1.807) is 11.1 Å². The summed E-state index contributed by atoms with van der Waals surface area (Å²) in [6, 6.07) is 6.34. The fourth-order valence-electron chi connectivity index (χ4n) is 5.20. The maximum atomic E-state index is 10.8. The minimum atomic E-state index is -0.267. The molecule has 1 N–H and O–H groups in total. The van der Waals surface area contributed by atoms with Crippen molar-refractivity contribution in [1.29, 1.82) is 0 Å². The molecule has 1 aliphatic carbocycles. The zero-order valence-electron chi connectivity index (χ0n) is 18.3. The molecule has 3 rings (SSSR count). The average Bonchev–Trinajstić information content (AvgIpc) is 2.66. The number of allylic oxidation sites excluding steroid dienone is 1. The monoisotopic (exact) mass is 385 g/mol. The molecule has 0 amide bonds. The Bertz CT molecular complexity index is 655. The second kappa shape index (κ2) is 9.51. The van der Waals surface area contributed by atoms with Crippen molar-refractivity contribution in [1.82, 2.24) is 14.8 Å². The van der Waals surface area contributed by atoms with Crippen molar-refractivity contribution in [2.45, 2.75) is 71.4 Å². The Labute approximate surface area is 171 Å². The van der Waals surface area contributed by atoms with Gasteiger partial charge in [-0.2, -0.15) is 0 Å². The van der Waals surface area contributed by atoms with Gasteiger partial charge in [0.25, 0.3) is 0 Å². The Hall–Kier alpha value is -1.23. The van der Waals surface area contributed by atoms with Crippen LogP contribution < -0.4 is 0 Å². The summed E-state index contributed by atoms with van der Waals surface area (Å²) in [6.45, 7) is 11.0. The van der Waals surface area contributed by atoms with Crippen LogP contribution in [0.2, 0.25) is 0 Å². The first-order chi connectivity index (χ1) is 13.4. The van der Waals surface area contributed by atoms with Gasteiger partial charge in [0.05, 0.1) is 6.10 Å². The Morgan fingerprint density at radius 1 is 1.29 bits per heavy atom. The van der Waals surface area contributed by atoms with Gasteiger partial charge in [0, 0.05) is 44.0 Å². The highest BCUT2D eigenvalue weighted by Gasteiger charge is 2.32. The third kappa shape index (κ3) is 5.43. The number of aliphatic hydroxyl groups is 1. The summed E-state index contributed by atoms with van der Waals surface area (Å²) < 4.78 is 0. The number of likely N-dealkylation sites (N-methyl/N-ethyl adjacent to an activating group) is 1. The highest BCUT2D eigenvalue weighted by atomic mass is 16.3. The molecule has 2 atom stereocenters. The fourth-order valence-corrected chi connectivity index (χ4v) is 5.20. The van der Waals surface area contributed by atoms with E-state index in [9.17, 15) is 5.11 Å². The largest absolute Gasteiger partial charge is 0.390 e. The third-order valence-corrected chi connectivity index (χ3v) is 7.01. The van der Waals surface area contributed by atoms with Gasteiger partial charge in [-0.3, -0.25) is 4.98 Å². The third-order valence-electron chi connectivity index (χ3n) is 7.01. The van der Waals surface area contributed by atoms with Crippen LogP contribution in [0.1, 0.15) is 58.6 Å². The Morgan fingerprint density at radius 2 is 2.11 bits per heavy atom. The van der Waals surface area contributed by atoms with Crippen molar-refractivity contribution >= 4 is 0 Å². The molecule has 4 heteroatoms. The molecule has 2 heterocycles. The number of β-amino-alcohol motifs (C(OH)–C–C–N with tert-alkyl or cyclic N) is 1. The Morgan fingerprint density at radius 3 is 2.79 bits per heavy atom. The van der Waals surface area contributed by atoms with E-state index in [2.05, 4.69) is 48.7 Å². The summed E-state index contributed by atoms with van der Waals surface area (Å²) in [6.07, 6.45) is 8.64. The predicted molar refractivity (Wildman–Crippen MR) is 116 cm³/mol. The molecule has 1 aromatic rings. The fraction of sp³-hybridized carbons (Fsp3) is 0.708. The standard InChI is InChI=1S/C24H39N3O/c1-19-8-7-13-24(2,3)21(19)11-16-27-17-12-22(23(28)18-27)26(4)15-10-20-9-5-6-14-25-20/h5-6,9,14,22-23,28H,7-8,10-13,15-18H2,1-4H3/t22-,23-/m1/s1. The van der Waals surface area contributed by atoms with Crippen LogP contribution in [0.15, 0.2) is 35.5 Å². The first-order valence-electron chi connectivity index (χ1n) is 11.1. The van der Waals surface area contributed by atoms with Gasteiger partial charge in [0.2, 0.25) is 0 Å². The highest BCUT2D eigenvalue weighted by Crippen LogP contribution is 2.41. The smallest absolute Gasteiger partial charge is 0.0822 e. The summed E-state index contributed by atoms with van der Waals surface area (Å²) in [5, 5.41) is 10.8. The lowest BCUT2D eigenvalue weighted by Gasteiger charge is -2.41. The van der Waals surface area contributed by atoms with Crippen LogP contribution in [0.25, 0.3) is 0 Å². The predicted octanol–water partition coefficient (Wildman–Crippen LogP) is 3.91. The first-order valence-corrected chi connectivity index (χ1v) is 11.1. The molecule has 1 fully saturated rings. The SMILES string of the molecule is CC1=C(CCN2CC[C@@H](N(C)CCc3ccccn3)[C@H](O)C2)C(C)(C)CCC1. The molecular weight excluding hydrogens is 346 g/mol. The van der Waals surface area contributed by atoms with Gasteiger partial charge >= 0.3 is 0 Å². The summed E-state index contributed by atoms with van der Waals surface area (Å²) in [7, 11) is 2.14. The van der Waals surface area contributed by atoms with Crippen molar-refractivity contribution in [3.63, 3.8) is 0 Å². The number of nitrogens with zero attached hydrogens (tertiary/aromatic N) is 3. The number of aliphatic hydroxyl groups excluding tert-OH is 1. The zero-order chi connectivity index (χ0) is 20.1. The van der Waals surface area contributed by atoms with E-state index in [-0.39, 0.29) is 12.1 Å². The van der Waals surface area contributed by atoms with E-state index in [0.29, 0.717) is 5.41 Å². The van der Waals surface area contributed by atoms with Crippen LogP contribution in [-0.2, 0) is 6.42 Å². The number of rotatable bonds is 7. The van der Waals surface area contributed by atoms with Gasteiger partial charge in [-0.15, -0.1) is 0 Å². The average molecular weight is 386 g/mol. The van der Waals surface area contributed by atoms with Crippen LogP contribution >= 0.6 is 0 Å². The molecule has 1 aliphatic heterocycles. The van der Waals surface area contributed by atoms with Crippen molar-refractivity contribution in [2.24, 2.45) is 5.41 Å². The topological polar surface area (TPSA) is 39.6 Å². The molecule has 0 spiro atoms. The van der Waals surface area contributed by atoms with E-state index in [0.717, 1.165) is 51.1 Å². The van der Waals surface area contributed by atoms with E-state index in [4.69, 9.17) is 0 Å². The lowest BCUT2D eigenvalue weighted by atomic mass is 9.71. The van der Waals surface area contributed by atoms with E-state index >= 15 is 0 Å². The van der Waals surface area contributed by atoms with Crippen molar-refractivity contribution < 1.29 is 5.11 Å². The number of hydrogen-bond acceptors (Lipinski definition) is 4. The minimum Gasteiger partial charge on any atom is -0.390 e. The molecule has 1 saturated heterocycles. The summed E-state index contributed by atoms with van der Waals surface area (Å²) in [4.78, 5) is 9.21. The lowest BCUT2D eigenvalue weighted by molar-refractivity contribution is -0.00359. The van der Waals surface area contributed by atoms with Crippen LogP contribution in [0.5, 0.6) is 0 Å². The highest BCUT2D eigenvalue weighted by molar-refractivity contribution is 5.22. The molecular formula is C24H39N3O. The van der Waals surface area contributed by atoms with E-state index < -0.39 is 0 Å². The van der Waals surface area contributed by atoms with Crippen molar-refractivity contribution in [2.75, 3.05) is 33.2 Å². The van der Waals surface area contributed by atoms with Gasteiger partial charge in [-0.25, -0.2) is 0 Å². The summed E-state index contributed by atoms with van der Waals surface area (Å²) in [5.74, 6) is 0. The molecule has 0 radical (unpaired) electrons. The molecule has 0 bridgehead atoms. The lowest BCUT2D eigenvalue weighted by Crippen LogP contribution is -2.53. The number of pyridine rings is 1. The van der Waals surface area contributed by atoms with E-state index in [1.807, 2.05) is 18.3 Å². The maximum absolute atomic E-state index is 10.8. The van der Waals surface area contributed by atoms with Crippen molar-refractivity contribution in [3.05, 3.63) is 41.2 Å². The van der Waals surface area contributed by atoms with Gasteiger partial charge in [-0.1, -0.05) is 31.1 Å². The molecule has 4 nitrogen and oxygen atoms in total. The molecule has 0 aromatic carbocycles. The molecule has 2 aliphatic rings. The van der Waals surface area contributed by atoms with Gasteiger partial charge in [-0.05, 0) is 70.2 Å². The van der Waals surface area contributed by atoms with Crippen LogP contribution in [0.3, 0.4) is 0 Å². The molecule has 1 aromatic heterocycles. The second-order valence-corrected chi connectivity index (χ2v) is 9.52. The quantitative estimate of drug-likeness (QED) is 0.723. The van der Waals surface area contributed by atoms with Gasteiger partial charge < -0.3 is 14.9 Å². The normalized spacial score (nSPS) is 26.1. The van der Waals surface area contributed by atoms with Gasteiger partial charge in [0.1, 0.15) is 0 Å². The second-order valence-electron chi connectivity index (χ2n) is 9.52. The Kier molecular flexibility index (Phi) is 7.30. The van der Waals surface area contributed by atoms with Crippen molar-refractivity contribution in [3.8, 4) is 0 Å². The van der Waals surface area contributed by atoms with Crippen LogP contribution in [0.4, 0.5) is 0 Å². The number of piperidine rings is 1. The summed E-state index contributed by atoms with van der Waals surface area (Å²) >= 11 is 0. The molecule has 0 saturated carbocycles. The minimum absolute atomic E-state index is 0.257. The van der Waals surface area contributed by atoms with Crippen LogP contribution in [0, 0.1) is 5.41 Å². The molecule has 28 heavy (non-hydrogen) atoms. The molecule has 0 unspecified atom stereocenters. The maximum Gasteiger partial charge on any atom is 0.0822 e. The number of likely N-dealkylation sites (tertiary alicyclic amines) is 1. The van der Waals surface area contributed by atoms with Crippen LogP contribution in [-0.4, -0.2) is 65.3 Å². The number of aromatic nitrogens is 1. The van der Waals surface area contributed by atoms with E-state index in [1.165, 1.54) is 19.3 Å². The zero-order valence-corrected chi connectivity index (χ0v) is 18.3. The summed E-state index contributed by atoms with van der Waals surface area (Å²) in [5.41, 5.74) is 4.76. The van der Waals surface area contributed by atoms with Gasteiger partial charge in [0.15, 0.2) is 0 Å². The Balaban J connectivity index is 1.47. The first kappa shape index (κ1) is 21.5. The molecule has 156 valence electrons. The number of hydrogen-bond donors (Lipinski definition) is 1.